The van der Waals surface area contributed by atoms with E-state index in [4.69, 9.17) is 4.74 Å². The summed E-state index contributed by atoms with van der Waals surface area (Å²) in [5.74, 6) is -0.458. The van der Waals surface area contributed by atoms with Crippen LogP contribution in [0.4, 0.5) is 0 Å². The zero-order valence-corrected chi connectivity index (χ0v) is 15.7. The van der Waals surface area contributed by atoms with Gasteiger partial charge in [0.15, 0.2) is 17.2 Å². The summed E-state index contributed by atoms with van der Waals surface area (Å²) in [7, 11) is 1.43. The molecule has 0 saturated carbocycles. The fraction of sp³-hybridized carbons (Fsp3) is 0.400. The number of hydrogen-bond acceptors (Lipinski definition) is 4. The number of nitrogens with one attached hydrogen (secondary N) is 1. The van der Waals surface area contributed by atoms with Crippen molar-refractivity contribution in [3.05, 3.63) is 52.9 Å². The Bertz CT molecular complexity index is 684. The van der Waals surface area contributed by atoms with Crippen molar-refractivity contribution >= 4 is 5.91 Å². The van der Waals surface area contributed by atoms with Crippen molar-refractivity contribution in [1.29, 1.82) is 0 Å². The highest BCUT2D eigenvalue weighted by atomic mass is 16.5. The highest BCUT2D eigenvalue weighted by Gasteiger charge is 2.15. The molecule has 1 aromatic heterocycles. The van der Waals surface area contributed by atoms with Crippen molar-refractivity contribution in [2.75, 3.05) is 13.7 Å². The predicted octanol–water partition coefficient (Wildman–Crippen LogP) is 4.16. The molecule has 1 rings (SSSR count). The van der Waals surface area contributed by atoms with Gasteiger partial charge in [-0.25, -0.2) is 4.98 Å². The Morgan fingerprint density at radius 2 is 1.80 bits per heavy atom. The van der Waals surface area contributed by atoms with Crippen LogP contribution in [0.25, 0.3) is 0 Å². The molecular formula is C20H28N2O3. The second-order valence-corrected chi connectivity index (χ2v) is 6.21. The molecule has 2 N–H and O–H groups in total. The van der Waals surface area contributed by atoms with Gasteiger partial charge in [-0.3, -0.25) is 4.79 Å². The van der Waals surface area contributed by atoms with E-state index in [1.54, 1.807) is 0 Å². The van der Waals surface area contributed by atoms with Crippen LogP contribution in [0.15, 0.2) is 47.2 Å². The first-order chi connectivity index (χ1) is 11.8. The zero-order chi connectivity index (χ0) is 18.8. The summed E-state index contributed by atoms with van der Waals surface area (Å²) in [5, 5.41) is 12.7. The Labute approximate surface area is 150 Å². The fourth-order valence-corrected chi connectivity index (χ4v) is 2.04. The molecule has 0 unspecified atom stereocenters. The first-order valence-electron chi connectivity index (χ1n) is 8.30. The molecule has 1 heterocycles. The molecule has 136 valence electrons. The van der Waals surface area contributed by atoms with Crippen LogP contribution in [0.1, 0.15) is 51.0 Å². The Morgan fingerprint density at radius 3 is 2.44 bits per heavy atom. The van der Waals surface area contributed by atoms with Gasteiger partial charge in [-0.2, -0.15) is 0 Å². The van der Waals surface area contributed by atoms with Crippen LogP contribution in [0.5, 0.6) is 11.5 Å². The van der Waals surface area contributed by atoms with E-state index in [2.05, 4.69) is 43.2 Å². The number of hydrogen-bond donors (Lipinski definition) is 2. The van der Waals surface area contributed by atoms with Crippen LogP contribution in [0.2, 0.25) is 0 Å². The Hall–Kier alpha value is -2.56. The molecule has 0 saturated heterocycles. The van der Waals surface area contributed by atoms with Crippen molar-refractivity contribution in [1.82, 2.24) is 10.3 Å². The summed E-state index contributed by atoms with van der Waals surface area (Å²) in [4.78, 5) is 16.0. The molecule has 0 aliphatic heterocycles. The van der Waals surface area contributed by atoms with Crippen LogP contribution in [0.3, 0.4) is 0 Å². The Balaban J connectivity index is 2.55. The topological polar surface area (TPSA) is 71.5 Å². The van der Waals surface area contributed by atoms with Gasteiger partial charge in [0.05, 0.1) is 7.11 Å². The molecule has 0 fully saturated rings. The van der Waals surface area contributed by atoms with E-state index in [1.807, 2.05) is 13.0 Å². The van der Waals surface area contributed by atoms with Crippen molar-refractivity contribution in [2.45, 2.75) is 40.5 Å². The summed E-state index contributed by atoms with van der Waals surface area (Å²) >= 11 is 0. The second-order valence-electron chi connectivity index (χ2n) is 6.21. The van der Waals surface area contributed by atoms with Gasteiger partial charge in [-0.1, -0.05) is 34.9 Å². The van der Waals surface area contributed by atoms with E-state index in [1.165, 1.54) is 36.1 Å². The molecule has 25 heavy (non-hydrogen) atoms. The third-order valence-electron chi connectivity index (χ3n) is 3.64. The Kier molecular flexibility index (Phi) is 8.47. The molecule has 0 aliphatic rings. The summed E-state index contributed by atoms with van der Waals surface area (Å²) in [6.45, 7) is 8.71. The lowest BCUT2D eigenvalue weighted by Gasteiger charge is -2.07. The van der Waals surface area contributed by atoms with E-state index in [9.17, 15) is 9.90 Å². The van der Waals surface area contributed by atoms with E-state index in [-0.39, 0.29) is 17.2 Å². The summed E-state index contributed by atoms with van der Waals surface area (Å²) < 4.78 is 4.97. The lowest BCUT2D eigenvalue weighted by molar-refractivity contribution is 0.0949. The predicted molar refractivity (Wildman–Crippen MR) is 101 cm³/mol. The monoisotopic (exact) mass is 344 g/mol. The number of pyridine rings is 1. The van der Waals surface area contributed by atoms with Gasteiger partial charge < -0.3 is 15.2 Å². The first-order valence-corrected chi connectivity index (χ1v) is 8.30. The van der Waals surface area contributed by atoms with Gasteiger partial charge in [-0.15, -0.1) is 0 Å². The standard InChI is InChI=1S/C20H28N2O3/c1-14(2)6-7-15(3)8-9-16(4)10-12-22-20(24)18-19(23)17(25-5)11-13-21-18/h6,8,10-11,13,23H,7,9,12H2,1-5H3,(H,22,24)/b15-8+,16-10+. The van der Waals surface area contributed by atoms with Crippen molar-refractivity contribution in [2.24, 2.45) is 0 Å². The number of methoxy groups -OCH3 is 1. The van der Waals surface area contributed by atoms with Gasteiger partial charge in [0.1, 0.15) is 0 Å². The molecule has 1 aromatic rings. The molecule has 1 amide bonds. The van der Waals surface area contributed by atoms with Crippen LogP contribution in [-0.2, 0) is 0 Å². The van der Waals surface area contributed by atoms with Crippen molar-refractivity contribution in [3.8, 4) is 11.5 Å². The number of allylic oxidation sites excluding steroid dienone is 5. The van der Waals surface area contributed by atoms with E-state index in [0.717, 1.165) is 12.8 Å². The van der Waals surface area contributed by atoms with Gasteiger partial charge in [0.2, 0.25) is 0 Å². The number of rotatable bonds is 8. The zero-order valence-electron chi connectivity index (χ0n) is 15.7. The molecule has 0 aliphatic carbocycles. The maximum atomic E-state index is 12.1. The fourth-order valence-electron chi connectivity index (χ4n) is 2.04. The normalized spacial score (nSPS) is 11.9. The van der Waals surface area contributed by atoms with E-state index >= 15 is 0 Å². The van der Waals surface area contributed by atoms with E-state index in [0.29, 0.717) is 6.54 Å². The van der Waals surface area contributed by atoms with Gasteiger partial charge in [-0.05, 0) is 40.5 Å². The number of carbonyl (C=O) groups excluding carboxylic acids is 1. The summed E-state index contributed by atoms with van der Waals surface area (Å²) in [6.07, 6.45) is 9.60. The molecule has 0 atom stereocenters. The van der Waals surface area contributed by atoms with Crippen molar-refractivity contribution < 1.29 is 14.6 Å². The molecule has 0 radical (unpaired) electrons. The molecule has 0 spiro atoms. The number of aromatic nitrogens is 1. The number of aromatic hydroxyl groups is 1. The minimum absolute atomic E-state index is 0.0390. The largest absolute Gasteiger partial charge is 0.503 e. The van der Waals surface area contributed by atoms with Gasteiger partial charge >= 0.3 is 0 Å². The van der Waals surface area contributed by atoms with Gasteiger partial charge in [0.25, 0.3) is 5.91 Å². The highest BCUT2D eigenvalue weighted by molar-refractivity contribution is 5.95. The Morgan fingerprint density at radius 1 is 1.16 bits per heavy atom. The number of nitrogens with zero attached hydrogens (tertiary/aromatic N) is 1. The van der Waals surface area contributed by atoms with E-state index < -0.39 is 5.91 Å². The van der Waals surface area contributed by atoms with Crippen molar-refractivity contribution in [3.63, 3.8) is 0 Å². The molecule has 5 nitrogen and oxygen atoms in total. The quantitative estimate of drug-likeness (QED) is 0.695. The third kappa shape index (κ3) is 7.25. The van der Waals surface area contributed by atoms with Gasteiger partial charge in [0, 0.05) is 18.8 Å². The average molecular weight is 344 g/mol. The van der Waals surface area contributed by atoms with Crippen LogP contribution < -0.4 is 10.1 Å². The second kappa shape index (κ2) is 10.3. The summed E-state index contributed by atoms with van der Waals surface area (Å²) in [5.41, 5.74) is 3.77. The number of carbonyl (C=O) groups is 1. The number of ether oxygens (including phenoxy) is 1. The number of amides is 1. The minimum Gasteiger partial charge on any atom is -0.503 e. The lowest BCUT2D eigenvalue weighted by Crippen LogP contribution is -2.24. The maximum absolute atomic E-state index is 12.1. The lowest BCUT2D eigenvalue weighted by atomic mass is 10.1. The molecule has 0 aromatic carbocycles. The van der Waals surface area contributed by atoms with Crippen LogP contribution >= 0.6 is 0 Å². The summed E-state index contributed by atoms with van der Waals surface area (Å²) in [6, 6.07) is 1.50. The van der Waals surface area contributed by atoms with Crippen LogP contribution in [0, 0.1) is 0 Å². The molecule has 0 bridgehead atoms. The van der Waals surface area contributed by atoms with Crippen LogP contribution in [-0.4, -0.2) is 29.7 Å². The highest BCUT2D eigenvalue weighted by Crippen LogP contribution is 2.27. The minimum atomic E-state index is -0.435. The SMILES string of the molecule is COc1ccnc(C(=O)NC/C=C(\C)C/C=C(\C)CC=C(C)C)c1O. The first kappa shape index (κ1) is 20.5. The smallest absolute Gasteiger partial charge is 0.274 e. The third-order valence-corrected chi connectivity index (χ3v) is 3.64. The molecular weight excluding hydrogens is 316 g/mol. The average Bonchev–Trinajstić information content (AvgIpc) is 2.58. The maximum Gasteiger partial charge on any atom is 0.274 e. The molecule has 5 heteroatoms.